The third kappa shape index (κ3) is 15.5. The van der Waals surface area contributed by atoms with Crippen LogP contribution in [-0.2, 0) is 24.7 Å². The van der Waals surface area contributed by atoms with Crippen molar-refractivity contribution in [3.05, 3.63) is 20.0 Å². The number of hydrogen-bond donors (Lipinski definition) is 0. The zero-order valence-electron chi connectivity index (χ0n) is 17.0. The van der Waals surface area contributed by atoms with Crippen LogP contribution in [0.2, 0.25) is 0 Å². The van der Waals surface area contributed by atoms with E-state index in [0.717, 1.165) is 0 Å². The number of rotatable bonds is 0. The maximum atomic E-state index is 9.53. The molecule has 0 aromatic rings. The van der Waals surface area contributed by atoms with E-state index in [4.69, 9.17) is 0 Å². The molecular formula is C19H36O3Zr. The molecule has 1 aliphatic carbocycles. The van der Waals surface area contributed by atoms with E-state index in [1.54, 1.807) is 75.1 Å². The first kappa shape index (κ1) is 28.1. The fourth-order valence-electron chi connectivity index (χ4n) is 1.59. The standard InChI is InChI=1S/C10H15.3C3H7O.Zr/c1-7-6-10(4,5)9(3)8(7)2;3*1-3(2)4;/h1-5H3;3*3H,1-2H3;/q;3*-1;+3. The van der Waals surface area contributed by atoms with Gasteiger partial charge in [0.25, 0.3) is 0 Å². The van der Waals surface area contributed by atoms with Crippen LogP contribution in [-0.4, -0.2) is 18.3 Å². The summed E-state index contributed by atoms with van der Waals surface area (Å²) in [5, 5.41) is 28.6. The third-order valence-electron chi connectivity index (χ3n) is 3.06. The first-order chi connectivity index (χ1) is 10.1. The van der Waals surface area contributed by atoms with Gasteiger partial charge < -0.3 is 15.3 Å². The van der Waals surface area contributed by atoms with E-state index < -0.39 is 18.3 Å². The van der Waals surface area contributed by atoms with E-state index >= 15 is 0 Å². The van der Waals surface area contributed by atoms with Crippen LogP contribution in [0.5, 0.6) is 0 Å². The Hall–Kier alpha value is 0.243. The monoisotopic (exact) mass is 402 g/mol. The molecule has 0 aromatic carbocycles. The van der Waals surface area contributed by atoms with E-state index in [-0.39, 0.29) is 0 Å². The molecule has 1 rings (SSSR count). The van der Waals surface area contributed by atoms with Crippen molar-refractivity contribution in [2.45, 2.75) is 94.5 Å². The summed E-state index contributed by atoms with van der Waals surface area (Å²) in [4.78, 5) is 0. The van der Waals surface area contributed by atoms with Crippen LogP contribution in [0.1, 0.15) is 76.2 Å². The minimum absolute atomic E-state index is 0.354. The molecule has 3 nitrogen and oxygen atoms in total. The average molecular weight is 404 g/mol. The first-order valence-corrected chi connectivity index (χ1v) is 9.40. The summed E-state index contributed by atoms with van der Waals surface area (Å²) in [6.07, 6.45) is -1.25. The Balaban J connectivity index is -0.000000278. The fourth-order valence-corrected chi connectivity index (χ4v) is 2.52. The van der Waals surface area contributed by atoms with Crippen LogP contribution < -0.4 is 15.3 Å². The summed E-state index contributed by atoms with van der Waals surface area (Å²) in [5.74, 6) is 0. The summed E-state index contributed by atoms with van der Waals surface area (Å²) >= 11 is 1.57. The fraction of sp³-hybridized carbons (Fsp3) is 0.789. The Bertz CT molecular complexity index is 330. The van der Waals surface area contributed by atoms with Gasteiger partial charge in [-0.3, -0.25) is 0 Å². The molecule has 0 atom stereocenters. The molecule has 0 amide bonds. The SMILES string of the molecule is CC(C)[O-].CC(C)[O-].CC(C)[O-].CC1=C(C)C(C)(C)[C]([Zr+3])=C1C. The van der Waals surface area contributed by atoms with E-state index in [9.17, 15) is 15.3 Å². The Morgan fingerprint density at radius 3 is 0.957 bits per heavy atom. The summed E-state index contributed by atoms with van der Waals surface area (Å²) in [6, 6.07) is 0. The van der Waals surface area contributed by atoms with E-state index in [0.29, 0.717) is 5.41 Å². The van der Waals surface area contributed by atoms with Crippen molar-refractivity contribution in [1.29, 1.82) is 0 Å². The van der Waals surface area contributed by atoms with Crippen LogP contribution in [0, 0.1) is 5.41 Å². The molecule has 0 aliphatic heterocycles. The average Bonchev–Trinajstić information content (AvgIpc) is 2.43. The van der Waals surface area contributed by atoms with Crippen molar-refractivity contribution < 1.29 is 40.0 Å². The molecule has 0 fully saturated rings. The van der Waals surface area contributed by atoms with Gasteiger partial charge in [0, 0.05) is 0 Å². The van der Waals surface area contributed by atoms with E-state index in [1.165, 1.54) is 11.1 Å². The van der Waals surface area contributed by atoms with Crippen LogP contribution >= 0.6 is 0 Å². The zero-order chi connectivity index (χ0) is 19.5. The predicted molar refractivity (Wildman–Crippen MR) is 90.3 cm³/mol. The van der Waals surface area contributed by atoms with Crippen LogP contribution in [0.4, 0.5) is 0 Å². The molecule has 0 aromatic heterocycles. The molecular weight excluding hydrogens is 367 g/mol. The second-order valence-corrected chi connectivity index (χ2v) is 8.25. The van der Waals surface area contributed by atoms with Crippen molar-refractivity contribution in [2.75, 3.05) is 0 Å². The third-order valence-corrected chi connectivity index (χ3v) is 5.52. The second-order valence-electron chi connectivity index (χ2n) is 7.02. The van der Waals surface area contributed by atoms with Gasteiger partial charge in [-0.2, -0.15) is 0 Å². The molecule has 0 saturated carbocycles. The summed E-state index contributed by atoms with van der Waals surface area (Å²) in [6.45, 7) is 21.1. The van der Waals surface area contributed by atoms with Crippen LogP contribution in [0.3, 0.4) is 0 Å². The first-order valence-electron chi connectivity index (χ1n) is 8.17. The van der Waals surface area contributed by atoms with Gasteiger partial charge in [-0.15, -0.1) is 18.3 Å². The van der Waals surface area contributed by atoms with Gasteiger partial charge in [0.2, 0.25) is 0 Å². The predicted octanol–water partition coefficient (Wildman–Crippen LogP) is 2.45. The Labute approximate surface area is 159 Å². The van der Waals surface area contributed by atoms with Crippen molar-refractivity contribution >= 4 is 0 Å². The quantitative estimate of drug-likeness (QED) is 0.624. The van der Waals surface area contributed by atoms with Gasteiger partial charge in [-0.25, -0.2) is 0 Å². The molecule has 0 radical (unpaired) electrons. The van der Waals surface area contributed by atoms with Crippen LogP contribution in [0.15, 0.2) is 20.0 Å². The van der Waals surface area contributed by atoms with Crippen molar-refractivity contribution in [2.24, 2.45) is 5.41 Å². The van der Waals surface area contributed by atoms with Gasteiger partial charge in [0.15, 0.2) is 0 Å². The Morgan fingerprint density at radius 1 is 0.696 bits per heavy atom. The topological polar surface area (TPSA) is 69.2 Å². The summed E-state index contributed by atoms with van der Waals surface area (Å²) in [5.41, 5.74) is 4.96. The Morgan fingerprint density at radius 2 is 0.913 bits per heavy atom. The normalized spacial score (nSPS) is 16.0. The van der Waals surface area contributed by atoms with E-state index in [2.05, 4.69) is 34.6 Å². The summed E-state index contributed by atoms with van der Waals surface area (Å²) in [7, 11) is 0. The second kappa shape index (κ2) is 13.5. The molecule has 0 heterocycles. The molecule has 0 spiro atoms. The molecule has 0 N–H and O–H groups in total. The molecule has 23 heavy (non-hydrogen) atoms. The van der Waals surface area contributed by atoms with Crippen molar-refractivity contribution in [3.63, 3.8) is 0 Å². The molecule has 0 bridgehead atoms. The van der Waals surface area contributed by atoms with Crippen LogP contribution in [0.25, 0.3) is 0 Å². The molecule has 4 heteroatoms. The summed E-state index contributed by atoms with van der Waals surface area (Å²) < 4.78 is 1.62. The van der Waals surface area contributed by atoms with Gasteiger partial charge in [0.05, 0.1) is 0 Å². The minimum atomic E-state index is -0.417. The zero-order valence-corrected chi connectivity index (χ0v) is 19.4. The Kier molecular flexibility index (Phi) is 16.5. The molecule has 0 saturated heterocycles. The number of allylic oxidation sites excluding steroid dienone is 4. The van der Waals surface area contributed by atoms with Gasteiger partial charge in [-0.05, 0) is 0 Å². The van der Waals surface area contributed by atoms with Gasteiger partial charge in [0.1, 0.15) is 0 Å². The van der Waals surface area contributed by atoms with E-state index in [1.807, 2.05) is 0 Å². The number of hydrogen-bond acceptors (Lipinski definition) is 3. The molecule has 1 aliphatic rings. The maximum absolute atomic E-state index is 9.53. The molecule has 134 valence electrons. The van der Waals surface area contributed by atoms with Crippen molar-refractivity contribution in [3.8, 4) is 0 Å². The van der Waals surface area contributed by atoms with Crippen molar-refractivity contribution in [1.82, 2.24) is 0 Å². The van der Waals surface area contributed by atoms with Gasteiger partial charge >= 0.3 is 84.8 Å². The van der Waals surface area contributed by atoms with Gasteiger partial charge in [-0.1, -0.05) is 41.5 Å². The molecule has 0 unspecified atom stereocenters.